The fourth-order valence-electron chi connectivity index (χ4n) is 2.70. The number of amides is 4. The lowest BCUT2D eigenvalue weighted by Crippen LogP contribution is -2.38. The number of hydrogen-bond acceptors (Lipinski definition) is 4. The van der Waals surface area contributed by atoms with Crippen molar-refractivity contribution in [2.45, 2.75) is 13.0 Å². The monoisotopic (exact) mass is 351 g/mol. The van der Waals surface area contributed by atoms with Crippen LogP contribution in [0.3, 0.4) is 0 Å². The van der Waals surface area contributed by atoms with Gasteiger partial charge in [0, 0.05) is 11.3 Å². The first-order valence-electron chi connectivity index (χ1n) is 8.03. The number of nitrogens with one attached hydrogen (secondary N) is 2. The maximum atomic E-state index is 12.5. The van der Waals surface area contributed by atoms with E-state index in [4.69, 9.17) is 0 Å². The Morgan fingerprint density at radius 3 is 2.50 bits per heavy atom. The van der Waals surface area contributed by atoms with E-state index in [1.54, 1.807) is 48.5 Å². The molecule has 1 aliphatic heterocycles. The Hall–Kier alpha value is -3.48. The van der Waals surface area contributed by atoms with Crippen LogP contribution in [0.15, 0.2) is 54.6 Å². The van der Waals surface area contributed by atoms with Crippen molar-refractivity contribution in [3.8, 4) is 0 Å². The van der Waals surface area contributed by atoms with Gasteiger partial charge in [-0.25, -0.2) is 4.79 Å². The average Bonchev–Trinajstić information content (AvgIpc) is 2.91. The van der Waals surface area contributed by atoms with Gasteiger partial charge in [0.1, 0.15) is 12.6 Å². The van der Waals surface area contributed by atoms with Crippen LogP contribution in [0.2, 0.25) is 0 Å². The molecule has 4 amide bonds. The number of hydrogen-bond donors (Lipinski definition) is 2. The zero-order chi connectivity index (χ0) is 18.7. The second-order valence-corrected chi connectivity index (χ2v) is 5.90. The van der Waals surface area contributed by atoms with Crippen LogP contribution in [0.4, 0.5) is 10.5 Å². The molecule has 1 atom stereocenters. The second-order valence-electron chi connectivity index (χ2n) is 5.90. The normalized spacial score (nSPS) is 16.3. The molecule has 1 fully saturated rings. The van der Waals surface area contributed by atoms with Crippen molar-refractivity contribution in [3.05, 3.63) is 65.7 Å². The molecule has 3 rings (SSSR count). The summed E-state index contributed by atoms with van der Waals surface area (Å²) in [5.74, 6) is -1.13. The highest BCUT2D eigenvalue weighted by Gasteiger charge is 2.39. The maximum Gasteiger partial charge on any atom is 0.325 e. The number of anilines is 1. The molecule has 0 saturated carbocycles. The molecule has 1 unspecified atom stereocenters. The second kappa shape index (κ2) is 7.18. The summed E-state index contributed by atoms with van der Waals surface area (Å²) in [6.45, 7) is 1.02. The number of carbonyl (C=O) groups is 4. The first kappa shape index (κ1) is 17.3. The fraction of sp³-hybridized carbons (Fsp3) is 0.158. The van der Waals surface area contributed by atoms with Gasteiger partial charge in [0.05, 0.1) is 0 Å². The molecule has 1 aliphatic rings. The highest BCUT2D eigenvalue weighted by molar-refractivity contribution is 6.08. The lowest BCUT2D eigenvalue weighted by Gasteiger charge is -2.13. The van der Waals surface area contributed by atoms with Gasteiger partial charge < -0.3 is 10.6 Å². The predicted molar refractivity (Wildman–Crippen MR) is 94.5 cm³/mol. The number of ketones is 1. The van der Waals surface area contributed by atoms with Gasteiger partial charge in [-0.1, -0.05) is 42.5 Å². The summed E-state index contributed by atoms with van der Waals surface area (Å²) in [6, 6.07) is 13.9. The van der Waals surface area contributed by atoms with Gasteiger partial charge in [0.25, 0.3) is 5.91 Å². The van der Waals surface area contributed by atoms with E-state index >= 15 is 0 Å². The maximum absolute atomic E-state index is 12.5. The van der Waals surface area contributed by atoms with Crippen molar-refractivity contribution in [2.75, 3.05) is 11.9 Å². The zero-order valence-corrected chi connectivity index (χ0v) is 14.1. The molecule has 26 heavy (non-hydrogen) atoms. The van der Waals surface area contributed by atoms with E-state index in [1.165, 1.54) is 6.92 Å². The highest BCUT2D eigenvalue weighted by atomic mass is 16.2. The third-order valence-electron chi connectivity index (χ3n) is 4.01. The largest absolute Gasteiger partial charge is 0.325 e. The molecular weight excluding hydrogens is 334 g/mol. The van der Waals surface area contributed by atoms with E-state index < -0.39 is 30.4 Å². The Balaban J connectivity index is 1.68. The Morgan fingerprint density at radius 2 is 1.81 bits per heavy atom. The fourth-order valence-corrected chi connectivity index (χ4v) is 2.70. The summed E-state index contributed by atoms with van der Waals surface area (Å²) in [5, 5.41) is 5.17. The van der Waals surface area contributed by atoms with Gasteiger partial charge in [0.2, 0.25) is 5.91 Å². The minimum absolute atomic E-state index is 0.124. The summed E-state index contributed by atoms with van der Waals surface area (Å²) < 4.78 is 0. The van der Waals surface area contributed by atoms with E-state index in [0.29, 0.717) is 16.8 Å². The molecular formula is C19H17N3O4. The Labute approximate surface area is 150 Å². The predicted octanol–water partition coefficient (Wildman–Crippen LogP) is 2.12. The minimum Gasteiger partial charge on any atom is -0.325 e. The van der Waals surface area contributed by atoms with Gasteiger partial charge in [-0.2, -0.15) is 0 Å². The van der Waals surface area contributed by atoms with Crippen LogP contribution >= 0.6 is 0 Å². The Bertz CT molecular complexity index is 879. The topological polar surface area (TPSA) is 95.6 Å². The SMILES string of the molecule is CC(=O)c1cccc(NC(=O)CN2C(=O)NC(c3ccccc3)C2=O)c1. The first-order chi connectivity index (χ1) is 12.5. The van der Waals surface area contributed by atoms with Crippen LogP contribution in [0.25, 0.3) is 0 Å². The Kier molecular flexibility index (Phi) is 4.79. The zero-order valence-electron chi connectivity index (χ0n) is 14.1. The number of imide groups is 1. The van der Waals surface area contributed by atoms with Gasteiger partial charge in [0.15, 0.2) is 5.78 Å². The van der Waals surface area contributed by atoms with Crippen LogP contribution in [0, 0.1) is 0 Å². The molecule has 0 radical (unpaired) electrons. The summed E-state index contributed by atoms with van der Waals surface area (Å²) in [5.41, 5.74) is 1.54. The number of rotatable bonds is 5. The van der Waals surface area contributed by atoms with Gasteiger partial charge in [-0.15, -0.1) is 0 Å². The van der Waals surface area contributed by atoms with Crippen molar-refractivity contribution in [3.63, 3.8) is 0 Å². The van der Waals surface area contributed by atoms with E-state index in [1.807, 2.05) is 6.07 Å². The summed E-state index contributed by atoms with van der Waals surface area (Å²) in [4.78, 5) is 49.0. The smallest absolute Gasteiger partial charge is 0.325 e. The molecule has 0 aromatic heterocycles. The summed E-state index contributed by atoms with van der Waals surface area (Å²) in [6.07, 6.45) is 0. The van der Waals surface area contributed by atoms with Crippen LogP contribution in [0.5, 0.6) is 0 Å². The highest BCUT2D eigenvalue weighted by Crippen LogP contribution is 2.21. The van der Waals surface area contributed by atoms with Gasteiger partial charge >= 0.3 is 6.03 Å². The summed E-state index contributed by atoms with van der Waals surface area (Å²) >= 11 is 0. The lowest BCUT2D eigenvalue weighted by molar-refractivity contribution is -0.130. The molecule has 132 valence electrons. The van der Waals surface area contributed by atoms with E-state index in [2.05, 4.69) is 10.6 Å². The van der Waals surface area contributed by atoms with Crippen molar-refractivity contribution in [2.24, 2.45) is 0 Å². The van der Waals surface area contributed by atoms with E-state index in [9.17, 15) is 19.2 Å². The quantitative estimate of drug-likeness (QED) is 0.637. The molecule has 0 aliphatic carbocycles. The standard InChI is InChI=1S/C19H17N3O4/c1-12(23)14-8-5-9-15(10-14)20-16(24)11-22-18(25)17(21-19(22)26)13-6-3-2-4-7-13/h2-10,17H,11H2,1H3,(H,20,24)(H,21,26). The molecule has 1 saturated heterocycles. The molecule has 7 nitrogen and oxygen atoms in total. The summed E-state index contributed by atoms with van der Waals surface area (Å²) in [7, 11) is 0. The molecule has 0 bridgehead atoms. The van der Waals surface area contributed by atoms with Crippen LogP contribution < -0.4 is 10.6 Å². The number of carbonyl (C=O) groups excluding carboxylic acids is 4. The van der Waals surface area contributed by atoms with Crippen molar-refractivity contribution in [1.29, 1.82) is 0 Å². The third kappa shape index (κ3) is 3.61. The van der Waals surface area contributed by atoms with E-state index in [-0.39, 0.29) is 5.78 Å². The van der Waals surface area contributed by atoms with Crippen LogP contribution in [0.1, 0.15) is 28.9 Å². The minimum atomic E-state index is -0.794. The number of nitrogens with zero attached hydrogens (tertiary/aromatic N) is 1. The van der Waals surface area contributed by atoms with Gasteiger partial charge in [-0.05, 0) is 24.6 Å². The van der Waals surface area contributed by atoms with E-state index in [0.717, 1.165) is 4.90 Å². The van der Waals surface area contributed by atoms with Crippen molar-refractivity contribution < 1.29 is 19.2 Å². The number of urea groups is 1. The molecule has 2 aromatic carbocycles. The third-order valence-corrected chi connectivity index (χ3v) is 4.01. The van der Waals surface area contributed by atoms with Crippen molar-refractivity contribution >= 4 is 29.3 Å². The van der Waals surface area contributed by atoms with Gasteiger partial charge in [-0.3, -0.25) is 19.3 Å². The molecule has 1 heterocycles. The van der Waals surface area contributed by atoms with Crippen molar-refractivity contribution in [1.82, 2.24) is 10.2 Å². The molecule has 2 N–H and O–H groups in total. The Morgan fingerprint density at radius 1 is 1.08 bits per heavy atom. The number of Topliss-reactive ketones (excluding diaryl/α,β-unsaturated/α-hetero) is 1. The molecule has 0 spiro atoms. The van der Waals surface area contributed by atoms with Crippen LogP contribution in [-0.2, 0) is 9.59 Å². The number of benzene rings is 2. The lowest BCUT2D eigenvalue weighted by atomic mass is 10.1. The molecule has 7 heteroatoms. The molecule has 2 aromatic rings. The average molecular weight is 351 g/mol. The van der Waals surface area contributed by atoms with Crippen LogP contribution in [-0.4, -0.2) is 35.1 Å². The first-order valence-corrected chi connectivity index (χ1v) is 8.03.